The van der Waals surface area contributed by atoms with Crippen LogP contribution in [-0.2, 0) is 16.1 Å². The summed E-state index contributed by atoms with van der Waals surface area (Å²) in [6.07, 6.45) is 3.65. The van der Waals surface area contributed by atoms with Crippen LogP contribution in [0.25, 0.3) is 0 Å². The molecule has 2 fully saturated rings. The number of phenolic OH excluding ortho intramolecular Hbond substituents is 1. The molecule has 3 rings (SSSR count). The van der Waals surface area contributed by atoms with Crippen LogP contribution < -0.4 is 5.73 Å². The minimum atomic E-state index is -0.357. The fourth-order valence-corrected chi connectivity index (χ4v) is 2.98. The van der Waals surface area contributed by atoms with Crippen molar-refractivity contribution < 1.29 is 14.6 Å². The fraction of sp³-hybridized carbons (Fsp3) is 0.588. The standard InChI is InChI=1S/C17H24N2O3.ClH/c18-9-15-6-7-16(22-15)17(21)19(10-12-4-5-12)11-13-2-1-3-14(20)8-13;/h1-3,8,12,15-16,20H,4-7,9-11,18H2;1H/t15-,16+;/m1./s1. The molecule has 0 bridgehead atoms. The van der Waals surface area contributed by atoms with E-state index in [4.69, 9.17) is 10.5 Å². The molecule has 2 aliphatic rings. The van der Waals surface area contributed by atoms with Gasteiger partial charge in [0.2, 0.25) is 0 Å². The number of amides is 1. The molecule has 3 N–H and O–H groups in total. The molecule has 1 heterocycles. The number of benzene rings is 1. The van der Waals surface area contributed by atoms with Crippen molar-refractivity contribution in [1.82, 2.24) is 4.90 Å². The van der Waals surface area contributed by atoms with E-state index < -0.39 is 0 Å². The molecule has 6 heteroatoms. The van der Waals surface area contributed by atoms with Crippen molar-refractivity contribution in [3.8, 4) is 5.75 Å². The third-order valence-electron chi connectivity index (χ3n) is 4.42. The van der Waals surface area contributed by atoms with Crippen molar-refractivity contribution in [2.75, 3.05) is 13.1 Å². The number of carbonyl (C=O) groups is 1. The Morgan fingerprint density at radius 1 is 1.30 bits per heavy atom. The third-order valence-corrected chi connectivity index (χ3v) is 4.42. The highest BCUT2D eigenvalue weighted by molar-refractivity contribution is 5.85. The van der Waals surface area contributed by atoms with Gasteiger partial charge in [0.15, 0.2) is 0 Å². The number of nitrogens with zero attached hydrogens (tertiary/aromatic N) is 1. The van der Waals surface area contributed by atoms with Gasteiger partial charge in [0.25, 0.3) is 5.91 Å². The van der Waals surface area contributed by atoms with E-state index in [0.717, 1.165) is 24.9 Å². The summed E-state index contributed by atoms with van der Waals surface area (Å²) in [5.74, 6) is 0.913. The molecule has 1 aromatic carbocycles. The maximum atomic E-state index is 12.8. The number of carbonyl (C=O) groups excluding carboxylic acids is 1. The summed E-state index contributed by atoms with van der Waals surface area (Å²) in [5, 5.41) is 9.59. The summed E-state index contributed by atoms with van der Waals surface area (Å²) in [5.41, 5.74) is 6.57. The lowest BCUT2D eigenvalue weighted by atomic mass is 10.1. The first-order valence-corrected chi connectivity index (χ1v) is 8.08. The first-order valence-electron chi connectivity index (χ1n) is 8.08. The minimum absolute atomic E-state index is 0. The highest BCUT2D eigenvalue weighted by atomic mass is 35.5. The Labute approximate surface area is 143 Å². The summed E-state index contributed by atoms with van der Waals surface area (Å²) >= 11 is 0. The van der Waals surface area contributed by atoms with Crippen LogP contribution in [-0.4, -0.2) is 41.2 Å². The third kappa shape index (κ3) is 4.83. The fourth-order valence-electron chi connectivity index (χ4n) is 2.98. The van der Waals surface area contributed by atoms with Crippen molar-refractivity contribution in [3.63, 3.8) is 0 Å². The molecule has 0 radical (unpaired) electrons. The zero-order chi connectivity index (χ0) is 15.5. The highest BCUT2D eigenvalue weighted by Gasteiger charge is 2.35. The zero-order valence-corrected chi connectivity index (χ0v) is 14.0. The Morgan fingerprint density at radius 3 is 2.70 bits per heavy atom. The number of ether oxygens (including phenoxy) is 1. The van der Waals surface area contributed by atoms with Crippen molar-refractivity contribution in [3.05, 3.63) is 29.8 Å². The molecule has 1 amide bonds. The molecule has 23 heavy (non-hydrogen) atoms. The maximum absolute atomic E-state index is 12.8. The first kappa shape index (κ1) is 18.0. The number of aromatic hydroxyl groups is 1. The van der Waals surface area contributed by atoms with E-state index in [9.17, 15) is 9.90 Å². The van der Waals surface area contributed by atoms with Gasteiger partial charge in [-0.2, -0.15) is 0 Å². The summed E-state index contributed by atoms with van der Waals surface area (Å²) < 4.78 is 5.75. The van der Waals surface area contributed by atoms with Crippen LogP contribution in [0.15, 0.2) is 24.3 Å². The molecule has 1 aliphatic carbocycles. The lowest BCUT2D eigenvalue weighted by Crippen LogP contribution is -2.40. The molecular formula is C17H25ClN2O3. The van der Waals surface area contributed by atoms with Crippen molar-refractivity contribution in [2.45, 2.75) is 44.4 Å². The van der Waals surface area contributed by atoms with Crippen LogP contribution >= 0.6 is 12.4 Å². The van der Waals surface area contributed by atoms with E-state index in [-0.39, 0.29) is 36.3 Å². The zero-order valence-electron chi connectivity index (χ0n) is 13.2. The van der Waals surface area contributed by atoms with Gasteiger partial charge in [-0.25, -0.2) is 0 Å². The minimum Gasteiger partial charge on any atom is -0.508 e. The van der Waals surface area contributed by atoms with E-state index in [2.05, 4.69) is 0 Å². The van der Waals surface area contributed by atoms with E-state index in [1.54, 1.807) is 18.2 Å². The van der Waals surface area contributed by atoms with E-state index in [1.807, 2.05) is 11.0 Å². The van der Waals surface area contributed by atoms with Gasteiger partial charge in [-0.15, -0.1) is 12.4 Å². The molecular weight excluding hydrogens is 316 g/mol. The molecule has 1 aromatic rings. The summed E-state index contributed by atoms with van der Waals surface area (Å²) in [7, 11) is 0. The lowest BCUT2D eigenvalue weighted by molar-refractivity contribution is -0.143. The quantitative estimate of drug-likeness (QED) is 0.831. The number of hydrogen-bond acceptors (Lipinski definition) is 4. The average molecular weight is 341 g/mol. The average Bonchev–Trinajstić information content (AvgIpc) is 3.19. The Morgan fingerprint density at radius 2 is 2.09 bits per heavy atom. The van der Waals surface area contributed by atoms with Gasteiger partial charge in [0.1, 0.15) is 11.9 Å². The molecule has 128 valence electrons. The van der Waals surface area contributed by atoms with Gasteiger partial charge in [0, 0.05) is 19.6 Å². The van der Waals surface area contributed by atoms with Crippen molar-refractivity contribution in [1.29, 1.82) is 0 Å². The van der Waals surface area contributed by atoms with Gasteiger partial charge in [0.05, 0.1) is 6.10 Å². The van der Waals surface area contributed by atoms with E-state index >= 15 is 0 Å². The van der Waals surface area contributed by atoms with Crippen LogP contribution in [0.4, 0.5) is 0 Å². The number of hydrogen-bond donors (Lipinski definition) is 2. The maximum Gasteiger partial charge on any atom is 0.252 e. The van der Waals surface area contributed by atoms with E-state index in [0.29, 0.717) is 19.0 Å². The summed E-state index contributed by atoms with van der Waals surface area (Å²) in [6.45, 7) is 1.78. The van der Waals surface area contributed by atoms with Gasteiger partial charge in [-0.05, 0) is 49.3 Å². The molecule has 5 nitrogen and oxygen atoms in total. The second-order valence-electron chi connectivity index (χ2n) is 6.39. The number of rotatable bonds is 6. The first-order chi connectivity index (χ1) is 10.7. The van der Waals surface area contributed by atoms with Gasteiger partial charge < -0.3 is 20.5 Å². The van der Waals surface area contributed by atoms with Gasteiger partial charge in [-0.1, -0.05) is 12.1 Å². The van der Waals surface area contributed by atoms with Crippen molar-refractivity contribution in [2.24, 2.45) is 11.7 Å². The SMILES string of the molecule is Cl.NC[C@H]1CC[C@@H](C(=O)N(Cc2cccc(O)c2)CC2CC2)O1. The van der Waals surface area contributed by atoms with Crippen LogP contribution in [0.2, 0.25) is 0 Å². The number of phenols is 1. The molecule has 1 aliphatic heterocycles. The van der Waals surface area contributed by atoms with Crippen LogP contribution in [0.1, 0.15) is 31.2 Å². The van der Waals surface area contributed by atoms with Crippen LogP contribution in [0, 0.1) is 5.92 Å². The van der Waals surface area contributed by atoms with Gasteiger partial charge >= 0.3 is 0 Å². The Bertz CT molecular complexity index is 536. The molecule has 1 saturated carbocycles. The number of halogens is 1. The Hall–Kier alpha value is -1.30. The molecule has 0 unspecified atom stereocenters. The predicted molar refractivity (Wildman–Crippen MR) is 90.4 cm³/mol. The topological polar surface area (TPSA) is 75.8 Å². The smallest absolute Gasteiger partial charge is 0.252 e. The molecule has 0 aromatic heterocycles. The van der Waals surface area contributed by atoms with Crippen LogP contribution in [0.5, 0.6) is 5.75 Å². The van der Waals surface area contributed by atoms with E-state index in [1.165, 1.54) is 12.8 Å². The Balaban J connectivity index is 0.00000192. The number of nitrogens with two attached hydrogens (primary N) is 1. The molecule has 1 saturated heterocycles. The second kappa shape index (κ2) is 7.99. The predicted octanol–water partition coefficient (Wildman–Crippen LogP) is 2.06. The summed E-state index contributed by atoms with van der Waals surface area (Å²) in [4.78, 5) is 14.6. The lowest BCUT2D eigenvalue weighted by Gasteiger charge is -2.26. The summed E-state index contributed by atoms with van der Waals surface area (Å²) in [6, 6.07) is 7.10. The molecule has 2 atom stereocenters. The second-order valence-corrected chi connectivity index (χ2v) is 6.39. The Kier molecular flexibility index (Phi) is 6.27. The highest BCUT2D eigenvalue weighted by Crippen LogP contribution is 2.31. The monoisotopic (exact) mass is 340 g/mol. The van der Waals surface area contributed by atoms with Crippen LogP contribution in [0.3, 0.4) is 0 Å². The normalized spacial score (nSPS) is 23.3. The largest absolute Gasteiger partial charge is 0.508 e. The molecule has 0 spiro atoms. The van der Waals surface area contributed by atoms with Crippen molar-refractivity contribution >= 4 is 18.3 Å². The van der Waals surface area contributed by atoms with Gasteiger partial charge in [-0.3, -0.25) is 4.79 Å².